The van der Waals surface area contributed by atoms with Gasteiger partial charge in [0.1, 0.15) is 12.4 Å². The minimum atomic E-state index is -0.807. The number of hydrogen-bond acceptors (Lipinski definition) is 2. The molecule has 18 heavy (non-hydrogen) atoms. The molecule has 0 bridgehead atoms. The fourth-order valence-electron chi connectivity index (χ4n) is 1.63. The van der Waals surface area contributed by atoms with Crippen LogP contribution in [0.3, 0.4) is 0 Å². The van der Waals surface area contributed by atoms with Crippen LogP contribution in [0.5, 0.6) is 5.75 Å². The zero-order valence-corrected chi connectivity index (χ0v) is 10.8. The van der Waals surface area contributed by atoms with Gasteiger partial charge in [0.25, 0.3) is 0 Å². The van der Waals surface area contributed by atoms with Crippen molar-refractivity contribution >= 4 is 0 Å². The Morgan fingerprint density at radius 1 is 0.889 bits per heavy atom. The van der Waals surface area contributed by atoms with Crippen LogP contribution in [0.15, 0.2) is 54.6 Å². The van der Waals surface area contributed by atoms with E-state index < -0.39 is 5.60 Å². The van der Waals surface area contributed by atoms with Crippen LogP contribution in [0.2, 0.25) is 0 Å². The van der Waals surface area contributed by atoms with Gasteiger partial charge in [0.05, 0.1) is 5.60 Å². The van der Waals surface area contributed by atoms with E-state index in [1.54, 1.807) is 13.8 Å². The molecule has 0 spiro atoms. The number of ether oxygens (including phenoxy) is 1. The predicted molar refractivity (Wildman–Crippen MR) is 73.7 cm³/mol. The Labute approximate surface area is 108 Å². The van der Waals surface area contributed by atoms with E-state index in [2.05, 4.69) is 12.1 Å². The first-order valence-corrected chi connectivity index (χ1v) is 6.05. The van der Waals surface area contributed by atoms with Gasteiger partial charge in [-0.05, 0) is 37.1 Å². The molecule has 0 fully saturated rings. The summed E-state index contributed by atoms with van der Waals surface area (Å²) in [5, 5.41) is 9.59. The Bertz CT molecular complexity index is 481. The summed E-state index contributed by atoms with van der Waals surface area (Å²) in [4.78, 5) is 0. The van der Waals surface area contributed by atoms with Gasteiger partial charge in [0.15, 0.2) is 0 Å². The third kappa shape index (κ3) is 3.60. The van der Waals surface area contributed by atoms with Gasteiger partial charge in [0, 0.05) is 0 Å². The van der Waals surface area contributed by atoms with Crippen molar-refractivity contribution in [2.45, 2.75) is 19.4 Å². The lowest BCUT2D eigenvalue weighted by Gasteiger charge is -2.17. The van der Waals surface area contributed by atoms with Gasteiger partial charge in [-0.15, -0.1) is 0 Å². The molecule has 0 heterocycles. The third-order valence-electron chi connectivity index (χ3n) is 2.55. The third-order valence-corrected chi connectivity index (χ3v) is 2.55. The van der Waals surface area contributed by atoms with Crippen molar-refractivity contribution < 1.29 is 9.84 Å². The molecule has 0 aliphatic rings. The summed E-state index contributed by atoms with van der Waals surface area (Å²) in [5.74, 6) is 0.775. The van der Waals surface area contributed by atoms with Crippen LogP contribution < -0.4 is 4.74 Å². The molecule has 2 aromatic rings. The van der Waals surface area contributed by atoms with Gasteiger partial charge in [0.2, 0.25) is 0 Å². The van der Waals surface area contributed by atoms with Crippen molar-refractivity contribution in [3.8, 4) is 16.9 Å². The average molecular weight is 242 g/mol. The number of benzene rings is 2. The first-order chi connectivity index (χ1) is 8.54. The summed E-state index contributed by atoms with van der Waals surface area (Å²) in [6.07, 6.45) is 0. The Morgan fingerprint density at radius 3 is 2.00 bits per heavy atom. The quantitative estimate of drug-likeness (QED) is 0.889. The normalized spacial score (nSPS) is 11.3. The van der Waals surface area contributed by atoms with Crippen LogP contribution >= 0.6 is 0 Å². The molecule has 0 radical (unpaired) electrons. The van der Waals surface area contributed by atoms with Gasteiger partial charge in [-0.25, -0.2) is 0 Å². The SMILES string of the molecule is CC(C)(O)COc1ccc(-c2ccccc2)cc1. The van der Waals surface area contributed by atoms with E-state index in [1.165, 1.54) is 5.56 Å². The standard InChI is InChI=1S/C16H18O2/c1-16(2,17)12-18-15-10-8-14(9-11-15)13-6-4-3-5-7-13/h3-11,17H,12H2,1-2H3. The molecule has 1 N–H and O–H groups in total. The van der Waals surface area contributed by atoms with Crippen LogP contribution in [0.4, 0.5) is 0 Å². The van der Waals surface area contributed by atoms with Gasteiger partial charge in [-0.3, -0.25) is 0 Å². The molecular weight excluding hydrogens is 224 g/mol. The van der Waals surface area contributed by atoms with Crippen molar-refractivity contribution in [3.05, 3.63) is 54.6 Å². The lowest BCUT2D eigenvalue weighted by molar-refractivity contribution is 0.0285. The maximum Gasteiger partial charge on any atom is 0.119 e. The molecule has 0 saturated heterocycles. The molecule has 2 nitrogen and oxygen atoms in total. The van der Waals surface area contributed by atoms with Gasteiger partial charge in [-0.1, -0.05) is 42.5 Å². The van der Waals surface area contributed by atoms with Crippen LogP contribution in [-0.4, -0.2) is 17.3 Å². The second-order valence-electron chi connectivity index (χ2n) is 4.99. The molecule has 0 aliphatic heterocycles. The fourth-order valence-corrected chi connectivity index (χ4v) is 1.63. The van der Waals surface area contributed by atoms with Crippen LogP contribution in [-0.2, 0) is 0 Å². The summed E-state index contributed by atoms with van der Waals surface area (Å²) in [7, 11) is 0. The zero-order chi connectivity index (χ0) is 13.0. The molecule has 2 heteroatoms. The Morgan fingerprint density at radius 2 is 1.44 bits per heavy atom. The van der Waals surface area contributed by atoms with E-state index in [-0.39, 0.29) is 6.61 Å². The molecule has 0 aromatic heterocycles. The first-order valence-electron chi connectivity index (χ1n) is 6.05. The van der Waals surface area contributed by atoms with E-state index >= 15 is 0 Å². The van der Waals surface area contributed by atoms with Crippen molar-refractivity contribution in [2.24, 2.45) is 0 Å². The number of aliphatic hydroxyl groups is 1. The first kappa shape index (κ1) is 12.7. The zero-order valence-electron chi connectivity index (χ0n) is 10.8. The molecule has 0 unspecified atom stereocenters. The van der Waals surface area contributed by atoms with Crippen molar-refractivity contribution in [2.75, 3.05) is 6.61 Å². The van der Waals surface area contributed by atoms with E-state index in [4.69, 9.17) is 4.74 Å². The molecule has 0 amide bonds. The van der Waals surface area contributed by atoms with Crippen molar-refractivity contribution in [1.82, 2.24) is 0 Å². The van der Waals surface area contributed by atoms with Gasteiger partial charge in [-0.2, -0.15) is 0 Å². The largest absolute Gasteiger partial charge is 0.491 e. The van der Waals surface area contributed by atoms with E-state index in [1.807, 2.05) is 42.5 Å². The minimum absolute atomic E-state index is 0.289. The minimum Gasteiger partial charge on any atom is -0.491 e. The molecule has 0 saturated carbocycles. The highest BCUT2D eigenvalue weighted by molar-refractivity contribution is 5.63. The predicted octanol–water partition coefficient (Wildman–Crippen LogP) is 3.50. The summed E-state index contributed by atoms with van der Waals surface area (Å²) >= 11 is 0. The monoisotopic (exact) mass is 242 g/mol. The lowest BCUT2D eigenvalue weighted by atomic mass is 10.1. The maximum absolute atomic E-state index is 9.59. The van der Waals surface area contributed by atoms with E-state index in [0.29, 0.717) is 0 Å². The number of rotatable bonds is 4. The molecule has 0 atom stereocenters. The summed E-state index contributed by atoms with van der Waals surface area (Å²) in [5.41, 5.74) is 1.54. The van der Waals surface area contributed by atoms with Crippen molar-refractivity contribution in [1.29, 1.82) is 0 Å². The maximum atomic E-state index is 9.59. The van der Waals surface area contributed by atoms with Gasteiger partial charge < -0.3 is 9.84 Å². The fraction of sp³-hybridized carbons (Fsp3) is 0.250. The highest BCUT2D eigenvalue weighted by Gasteiger charge is 2.13. The van der Waals surface area contributed by atoms with Crippen LogP contribution in [0, 0.1) is 0 Å². The average Bonchev–Trinajstić information content (AvgIpc) is 2.37. The lowest BCUT2D eigenvalue weighted by Crippen LogP contribution is -2.27. The summed E-state index contributed by atoms with van der Waals surface area (Å²) < 4.78 is 5.51. The van der Waals surface area contributed by atoms with Crippen LogP contribution in [0.25, 0.3) is 11.1 Å². The topological polar surface area (TPSA) is 29.5 Å². The Kier molecular flexibility index (Phi) is 3.68. The van der Waals surface area contributed by atoms with E-state index in [0.717, 1.165) is 11.3 Å². The molecule has 2 rings (SSSR count). The summed E-state index contributed by atoms with van der Waals surface area (Å²) in [6, 6.07) is 18.1. The van der Waals surface area contributed by atoms with Crippen LogP contribution in [0.1, 0.15) is 13.8 Å². The number of hydrogen-bond donors (Lipinski definition) is 1. The van der Waals surface area contributed by atoms with E-state index in [9.17, 15) is 5.11 Å². The Hall–Kier alpha value is -1.80. The van der Waals surface area contributed by atoms with Crippen molar-refractivity contribution in [3.63, 3.8) is 0 Å². The molecule has 94 valence electrons. The second kappa shape index (κ2) is 5.23. The smallest absolute Gasteiger partial charge is 0.119 e. The highest BCUT2D eigenvalue weighted by atomic mass is 16.5. The summed E-state index contributed by atoms with van der Waals surface area (Å²) in [6.45, 7) is 3.74. The second-order valence-corrected chi connectivity index (χ2v) is 4.99. The Balaban J connectivity index is 2.07. The molecule has 2 aromatic carbocycles. The molecule has 0 aliphatic carbocycles. The molecular formula is C16H18O2. The highest BCUT2D eigenvalue weighted by Crippen LogP contribution is 2.22. The van der Waals surface area contributed by atoms with Gasteiger partial charge >= 0.3 is 0 Å².